The van der Waals surface area contributed by atoms with E-state index in [0.29, 0.717) is 6.42 Å². The number of nitrogens with zero attached hydrogens (tertiary/aromatic N) is 2. The summed E-state index contributed by atoms with van der Waals surface area (Å²) < 4.78 is 0. The molecule has 4 heteroatoms. The van der Waals surface area contributed by atoms with Crippen LogP contribution in [-0.4, -0.2) is 61.7 Å². The van der Waals surface area contributed by atoms with E-state index < -0.39 is 11.4 Å². The highest BCUT2D eigenvalue weighted by Gasteiger charge is 2.26. The van der Waals surface area contributed by atoms with E-state index >= 15 is 0 Å². The topological polar surface area (TPSA) is 43.8 Å². The molecule has 1 N–H and O–H groups in total. The summed E-state index contributed by atoms with van der Waals surface area (Å²) in [5, 5.41) is 8.95. The Bertz CT molecular complexity index is 203. The van der Waals surface area contributed by atoms with Crippen molar-refractivity contribution in [2.45, 2.75) is 20.3 Å². The summed E-state index contributed by atoms with van der Waals surface area (Å²) in [7, 11) is 6.10. The van der Waals surface area contributed by atoms with Gasteiger partial charge in [-0.15, -0.1) is 0 Å². The van der Waals surface area contributed by atoms with Crippen LogP contribution in [0.15, 0.2) is 0 Å². The van der Waals surface area contributed by atoms with Crippen LogP contribution >= 0.6 is 0 Å². The first-order valence-electron chi connectivity index (χ1n) is 5.32. The number of likely N-dealkylation sites (N-methyl/N-ethyl adjacent to an activating group) is 2. The molecule has 0 aromatic heterocycles. The van der Waals surface area contributed by atoms with Crippen molar-refractivity contribution in [2.75, 3.05) is 40.8 Å². The van der Waals surface area contributed by atoms with Gasteiger partial charge in [0.15, 0.2) is 0 Å². The summed E-state index contributed by atoms with van der Waals surface area (Å²) in [6.07, 6.45) is 0.687. The minimum atomic E-state index is -0.719. The highest BCUT2D eigenvalue weighted by Crippen LogP contribution is 2.20. The van der Waals surface area contributed by atoms with Crippen molar-refractivity contribution in [1.29, 1.82) is 0 Å². The van der Waals surface area contributed by atoms with E-state index in [2.05, 4.69) is 9.80 Å². The van der Waals surface area contributed by atoms with Gasteiger partial charge in [-0.05, 0) is 48.0 Å². The minimum Gasteiger partial charge on any atom is -0.481 e. The first kappa shape index (κ1) is 14.4. The molecule has 0 aliphatic carbocycles. The molecule has 0 saturated heterocycles. The predicted octanol–water partition coefficient (Wildman–Crippen LogP) is 0.981. The van der Waals surface area contributed by atoms with Crippen LogP contribution < -0.4 is 0 Å². The zero-order valence-corrected chi connectivity index (χ0v) is 10.6. The minimum absolute atomic E-state index is 0.619. The van der Waals surface area contributed by atoms with Crippen LogP contribution in [0, 0.1) is 5.41 Å². The van der Waals surface area contributed by atoms with Gasteiger partial charge in [-0.3, -0.25) is 4.79 Å². The number of carbonyl (C=O) groups is 1. The first-order valence-corrected chi connectivity index (χ1v) is 5.32. The van der Waals surface area contributed by atoms with Gasteiger partial charge in [0.05, 0.1) is 5.41 Å². The molecule has 4 nitrogen and oxygen atoms in total. The zero-order chi connectivity index (χ0) is 12.1. The van der Waals surface area contributed by atoms with Crippen molar-refractivity contribution in [3.05, 3.63) is 0 Å². The molecule has 90 valence electrons. The fourth-order valence-electron chi connectivity index (χ4n) is 1.06. The maximum Gasteiger partial charge on any atom is 0.309 e. The maximum absolute atomic E-state index is 10.9. The number of aliphatic carboxylic acids is 1. The van der Waals surface area contributed by atoms with Crippen molar-refractivity contribution >= 4 is 5.97 Å². The normalized spacial score (nSPS) is 12.5. The second kappa shape index (κ2) is 6.08. The average molecular weight is 216 g/mol. The van der Waals surface area contributed by atoms with Gasteiger partial charge < -0.3 is 14.9 Å². The van der Waals surface area contributed by atoms with Gasteiger partial charge in [-0.1, -0.05) is 0 Å². The van der Waals surface area contributed by atoms with E-state index in [1.807, 2.05) is 21.1 Å². The Morgan fingerprint density at radius 3 is 2.07 bits per heavy atom. The van der Waals surface area contributed by atoms with Gasteiger partial charge in [-0.2, -0.15) is 0 Å². The Morgan fingerprint density at radius 2 is 1.67 bits per heavy atom. The van der Waals surface area contributed by atoms with Gasteiger partial charge in [-0.25, -0.2) is 0 Å². The lowest BCUT2D eigenvalue weighted by Crippen LogP contribution is -2.33. The quantitative estimate of drug-likeness (QED) is 0.689. The number of hydrogen-bond acceptors (Lipinski definition) is 3. The number of carboxylic acid groups (broad SMARTS) is 1. The summed E-state index contributed by atoms with van der Waals surface area (Å²) >= 11 is 0. The van der Waals surface area contributed by atoms with Crippen LogP contribution in [0.4, 0.5) is 0 Å². The third-order valence-electron chi connectivity index (χ3n) is 2.63. The van der Waals surface area contributed by atoms with Gasteiger partial charge >= 0.3 is 5.97 Å². The fraction of sp³-hybridized carbons (Fsp3) is 0.909. The predicted molar refractivity (Wildman–Crippen MR) is 62.1 cm³/mol. The number of rotatable bonds is 7. The molecule has 0 heterocycles. The fourth-order valence-corrected chi connectivity index (χ4v) is 1.06. The van der Waals surface area contributed by atoms with E-state index in [-0.39, 0.29) is 0 Å². The lowest BCUT2D eigenvalue weighted by Gasteiger charge is -2.24. The zero-order valence-electron chi connectivity index (χ0n) is 10.6. The molecule has 0 bridgehead atoms. The summed E-state index contributed by atoms with van der Waals surface area (Å²) in [6, 6.07) is 0. The van der Waals surface area contributed by atoms with Crippen molar-refractivity contribution in [2.24, 2.45) is 5.41 Å². The van der Waals surface area contributed by atoms with Crippen molar-refractivity contribution in [1.82, 2.24) is 9.80 Å². The van der Waals surface area contributed by atoms with Crippen molar-refractivity contribution in [3.8, 4) is 0 Å². The Hall–Kier alpha value is -0.610. The maximum atomic E-state index is 10.9. The molecule has 0 amide bonds. The van der Waals surface area contributed by atoms with Gasteiger partial charge in [0.25, 0.3) is 0 Å². The molecule has 0 radical (unpaired) electrons. The van der Waals surface area contributed by atoms with Crippen LogP contribution in [0.1, 0.15) is 20.3 Å². The Morgan fingerprint density at radius 1 is 1.13 bits per heavy atom. The van der Waals surface area contributed by atoms with E-state index in [1.165, 1.54) is 0 Å². The molecule has 0 spiro atoms. The van der Waals surface area contributed by atoms with Crippen LogP contribution in [0.25, 0.3) is 0 Å². The molecule has 0 atom stereocenters. The Kier molecular flexibility index (Phi) is 5.83. The third-order valence-corrected chi connectivity index (χ3v) is 2.63. The SMILES string of the molecule is CN(C)CCN(C)CCC(C)(C)C(=O)O. The number of hydrogen-bond donors (Lipinski definition) is 1. The summed E-state index contributed by atoms with van der Waals surface area (Å²) in [6.45, 7) is 6.35. The smallest absolute Gasteiger partial charge is 0.309 e. The molecule has 0 rings (SSSR count). The molecule has 0 aromatic rings. The van der Waals surface area contributed by atoms with E-state index in [9.17, 15) is 4.79 Å². The lowest BCUT2D eigenvalue weighted by atomic mass is 9.89. The largest absolute Gasteiger partial charge is 0.481 e. The molecule has 0 saturated carbocycles. The Labute approximate surface area is 92.9 Å². The van der Waals surface area contributed by atoms with Gasteiger partial charge in [0.2, 0.25) is 0 Å². The number of carboxylic acids is 1. The summed E-state index contributed by atoms with van der Waals surface area (Å²) in [5.74, 6) is -0.719. The third kappa shape index (κ3) is 6.47. The van der Waals surface area contributed by atoms with Crippen LogP contribution in [-0.2, 0) is 4.79 Å². The standard InChI is InChI=1S/C11H24N2O2/c1-11(2,10(14)15)6-7-13(5)9-8-12(3)4/h6-9H2,1-5H3,(H,14,15). The summed E-state index contributed by atoms with van der Waals surface area (Å²) in [4.78, 5) is 15.2. The molecule has 0 aliphatic rings. The highest BCUT2D eigenvalue weighted by atomic mass is 16.4. The second-order valence-corrected chi connectivity index (χ2v) is 5.05. The Balaban J connectivity index is 3.80. The lowest BCUT2D eigenvalue weighted by molar-refractivity contribution is -0.147. The van der Waals surface area contributed by atoms with Gasteiger partial charge in [0.1, 0.15) is 0 Å². The molecule has 15 heavy (non-hydrogen) atoms. The molecule has 0 aromatic carbocycles. The van der Waals surface area contributed by atoms with E-state index in [0.717, 1.165) is 19.6 Å². The highest BCUT2D eigenvalue weighted by molar-refractivity contribution is 5.73. The average Bonchev–Trinajstić information content (AvgIpc) is 2.11. The summed E-state index contributed by atoms with van der Waals surface area (Å²) in [5.41, 5.74) is -0.619. The first-order chi connectivity index (χ1) is 6.75. The van der Waals surface area contributed by atoms with Crippen LogP contribution in [0.3, 0.4) is 0 Å². The monoisotopic (exact) mass is 216 g/mol. The molecule has 0 unspecified atom stereocenters. The van der Waals surface area contributed by atoms with E-state index in [1.54, 1.807) is 13.8 Å². The van der Waals surface area contributed by atoms with E-state index in [4.69, 9.17) is 5.11 Å². The molecule has 0 fully saturated rings. The second-order valence-electron chi connectivity index (χ2n) is 5.05. The van der Waals surface area contributed by atoms with Gasteiger partial charge in [0, 0.05) is 13.1 Å². The van der Waals surface area contributed by atoms with Crippen LogP contribution in [0.5, 0.6) is 0 Å². The molecule has 0 aliphatic heterocycles. The molecular weight excluding hydrogens is 192 g/mol. The molecular formula is C11H24N2O2. The van der Waals surface area contributed by atoms with Crippen molar-refractivity contribution in [3.63, 3.8) is 0 Å². The van der Waals surface area contributed by atoms with Crippen LogP contribution in [0.2, 0.25) is 0 Å². The van der Waals surface area contributed by atoms with Crippen molar-refractivity contribution < 1.29 is 9.90 Å².